The molecular weight excluding hydrogens is 262 g/mol. The lowest BCUT2D eigenvalue weighted by molar-refractivity contribution is 0.112. The maximum atomic E-state index is 12.7. The van der Waals surface area contributed by atoms with Crippen LogP contribution >= 0.6 is 22.6 Å². The van der Waals surface area contributed by atoms with Crippen molar-refractivity contribution in [3.05, 3.63) is 27.1 Å². The number of aldehydes is 1. The van der Waals surface area contributed by atoms with Crippen molar-refractivity contribution in [1.82, 2.24) is 0 Å². The molecule has 0 spiro atoms. The quantitative estimate of drug-likeness (QED) is 0.623. The van der Waals surface area contributed by atoms with Gasteiger partial charge in [-0.25, -0.2) is 4.39 Å². The van der Waals surface area contributed by atoms with Crippen LogP contribution in [0.25, 0.3) is 0 Å². The Morgan fingerprint density at radius 3 is 2.73 bits per heavy atom. The topological polar surface area (TPSA) is 37.3 Å². The lowest BCUT2D eigenvalue weighted by atomic mass is 10.2. The number of benzene rings is 1. The van der Waals surface area contributed by atoms with Gasteiger partial charge < -0.3 is 5.11 Å². The largest absolute Gasteiger partial charge is 0.507 e. The first-order valence-corrected chi connectivity index (χ1v) is 3.86. The highest BCUT2D eigenvalue weighted by molar-refractivity contribution is 14.1. The average molecular weight is 266 g/mol. The predicted molar refractivity (Wildman–Crippen MR) is 46.2 cm³/mol. The van der Waals surface area contributed by atoms with Gasteiger partial charge in [-0.05, 0) is 34.7 Å². The maximum absolute atomic E-state index is 12.7. The second kappa shape index (κ2) is 3.17. The van der Waals surface area contributed by atoms with Crippen LogP contribution in [0.3, 0.4) is 0 Å². The van der Waals surface area contributed by atoms with E-state index in [1.54, 1.807) is 22.6 Å². The van der Waals surface area contributed by atoms with Crippen molar-refractivity contribution in [1.29, 1.82) is 0 Å². The molecule has 1 aromatic carbocycles. The molecule has 4 heteroatoms. The molecule has 0 saturated heterocycles. The first-order chi connectivity index (χ1) is 5.15. The molecule has 1 aromatic rings. The molecule has 0 fully saturated rings. The Balaban J connectivity index is 3.31. The zero-order valence-corrected chi connectivity index (χ0v) is 7.50. The Morgan fingerprint density at radius 1 is 1.55 bits per heavy atom. The highest BCUT2D eigenvalue weighted by atomic mass is 127. The van der Waals surface area contributed by atoms with E-state index in [2.05, 4.69) is 0 Å². The number of phenolic OH excluding ortho intramolecular Hbond substituents is 1. The van der Waals surface area contributed by atoms with Crippen LogP contribution < -0.4 is 0 Å². The number of rotatable bonds is 1. The van der Waals surface area contributed by atoms with Crippen molar-refractivity contribution in [2.24, 2.45) is 0 Å². The van der Waals surface area contributed by atoms with Crippen LogP contribution in [0.2, 0.25) is 0 Å². The van der Waals surface area contributed by atoms with E-state index < -0.39 is 5.82 Å². The predicted octanol–water partition coefficient (Wildman–Crippen LogP) is 1.95. The van der Waals surface area contributed by atoms with Crippen molar-refractivity contribution in [3.63, 3.8) is 0 Å². The summed E-state index contributed by atoms with van der Waals surface area (Å²) in [6, 6.07) is 2.21. The van der Waals surface area contributed by atoms with Crippen molar-refractivity contribution in [2.75, 3.05) is 0 Å². The van der Waals surface area contributed by atoms with Gasteiger partial charge in [0.1, 0.15) is 11.6 Å². The summed E-state index contributed by atoms with van der Waals surface area (Å²) in [5, 5.41) is 9.01. The fraction of sp³-hybridized carbons (Fsp3) is 0. The standard InChI is InChI=1S/C7H4FIO2/c8-5-1-4(3-10)7(11)2-6(5)9/h1-3,11H. The molecule has 0 radical (unpaired) electrons. The molecule has 1 N–H and O–H groups in total. The molecule has 0 bridgehead atoms. The third kappa shape index (κ3) is 1.68. The van der Waals surface area contributed by atoms with Gasteiger partial charge in [-0.15, -0.1) is 0 Å². The second-order valence-corrected chi connectivity index (χ2v) is 3.11. The van der Waals surface area contributed by atoms with E-state index in [0.717, 1.165) is 6.07 Å². The number of hydrogen-bond acceptors (Lipinski definition) is 2. The normalized spacial score (nSPS) is 9.64. The van der Waals surface area contributed by atoms with E-state index in [9.17, 15) is 9.18 Å². The fourth-order valence-corrected chi connectivity index (χ4v) is 1.10. The van der Waals surface area contributed by atoms with Gasteiger partial charge >= 0.3 is 0 Å². The summed E-state index contributed by atoms with van der Waals surface area (Å²) in [5.41, 5.74) is -0.0251. The second-order valence-electron chi connectivity index (χ2n) is 1.94. The van der Waals surface area contributed by atoms with Crippen LogP contribution in [0.15, 0.2) is 12.1 Å². The van der Waals surface area contributed by atoms with Crippen molar-refractivity contribution < 1.29 is 14.3 Å². The van der Waals surface area contributed by atoms with Gasteiger partial charge in [0.05, 0.1) is 9.13 Å². The zero-order chi connectivity index (χ0) is 8.43. The number of carbonyl (C=O) groups excluding carboxylic acids is 1. The summed E-state index contributed by atoms with van der Waals surface area (Å²) < 4.78 is 13.0. The smallest absolute Gasteiger partial charge is 0.153 e. The average Bonchev–Trinajstić information content (AvgIpc) is 1.97. The third-order valence-electron chi connectivity index (χ3n) is 1.20. The molecule has 0 aromatic heterocycles. The Kier molecular flexibility index (Phi) is 2.43. The highest BCUT2D eigenvalue weighted by Gasteiger charge is 2.05. The van der Waals surface area contributed by atoms with Gasteiger partial charge in [-0.2, -0.15) is 0 Å². The highest BCUT2D eigenvalue weighted by Crippen LogP contribution is 2.21. The molecule has 0 aliphatic rings. The first-order valence-electron chi connectivity index (χ1n) is 2.78. The van der Waals surface area contributed by atoms with Gasteiger partial charge in [-0.1, -0.05) is 0 Å². The zero-order valence-electron chi connectivity index (χ0n) is 5.34. The number of phenols is 1. The van der Waals surface area contributed by atoms with E-state index in [0.29, 0.717) is 9.86 Å². The number of halogens is 2. The van der Waals surface area contributed by atoms with Crippen LogP contribution in [0.4, 0.5) is 4.39 Å². The molecule has 0 unspecified atom stereocenters. The van der Waals surface area contributed by atoms with Crippen LogP contribution in [0, 0.1) is 9.39 Å². The lowest BCUT2D eigenvalue weighted by Crippen LogP contribution is -1.87. The molecular formula is C7H4FIO2. The summed E-state index contributed by atoms with van der Waals surface area (Å²) in [7, 11) is 0. The van der Waals surface area contributed by atoms with Crippen molar-refractivity contribution in [3.8, 4) is 5.75 Å². The lowest BCUT2D eigenvalue weighted by Gasteiger charge is -1.98. The van der Waals surface area contributed by atoms with Crippen LogP contribution in [-0.4, -0.2) is 11.4 Å². The van der Waals surface area contributed by atoms with Gasteiger partial charge in [0, 0.05) is 0 Å². The van der Waals surface area contributed by atoms with Crippen LogP contribution in [0.1, 0.15) is 10.4 Å². The summed E-state index contributed by atoms with van der Waals surface area (Å²) in [4.78, 5) is 10.2. The third-order valence-corrected chi connectivity index (χ3v) is 2.02. The molecule has 0 heterocycles. The Morgan fingerprint density at radius 2 is 2.18 bits per heavy atom. The molecule has 11 heavy (non-hydrogen) atoms. The van der Waals surface area contributed by atoms with Crippen LogP contribution in [0.5, 0.6) is 5.75 Å². The minimum atomic E-state index is -0.495. The molecule has 0 atom stereocenters. The Labute approximate surface area is 76.2 Å². The molecule has 1 rings (SSSR count). The Hall–Kier alpha value is -0.650. The molecule has 0 aliphatic carbocycles. The molecule has 58 valence electrons. The monoisotopic (exact) mass is 266 g/mol. The van der Waals surface area contributed by atoms with E-state index in [4.69, 9.17) is 5.11 Å². The van der Waals surface area contributed by atoms with E-state index in [-0.39, 0.29) is 11.3 Å². The van der Waals surface area contributed by atoms with Gasteiger partial charge in [0.15, 0.2) is 6.29 Å². The van der Waals surface area contributed by atoms with Crippen LogP contribution in [-0.2, 0) is 0 Å². The summed E-state index contributed by atoms with van der Waals surface area (Å²) in [5.74, 6) is -0.684. The van der Waals surface area contributed by atoms with Crippen molar-refractivity contribution >= 4 is 28.9 Å². The molecule has 2 nitrogen and oxygen atoms in total. The Bertz CT molecular complexity index is 299. The van der Waals surface area contributed by atoms with E-state index >= 15 is 0 Å². The first kappa shape index (κ1) is 8.45. The minimum Gasteiger partial charge on any atom is -0.507 e. The summed E-state index contributed by atoms with van der Waals surface area (Å²) >= 11 is 1.73. The number of hydrogen-bond donors (Lipinski definition) is 1. The van der Waals surface area contributed by atoms with Gasteiger partial charge in [0.2, 0.25) is 0 Å². The molecule has 0 aliphatic heterocycles. The van der Waals surface area contributed by atoms with Gasteiger partial charge in [0.25, 0.3) is 0 Å². The number of aromatic hydroxyl groups is 1. The molecule has 0 saturated carbocycles. The van der Waals surface area contributed by atoms with Gasteiger partial charge in [-0.3, -0.25) is 4.79 Å². The SMILES string of the molecule is O=Cc1cc(F)c(I)cc1O. The summed E-state index contributed by atoms with van der Waals surface area (Å²) in [6.45, 7) is 0. The minimum absolute atomic E-state index is 0.0251. The maximum Gasteiger partial charge on any atom is 0.153 e. The fourth-order valence-electron chi connectivity index (χ4n) is 0.646. The summed E-state index contributed by atoms with van der Waals surface area (Å²) in [6.07, 6.45) is 0.411. The van der Waals surface area contributed by atoms with E-state index in [1.165, 1.54) is 6.07 Å². The molecule has 0 amide bonds. The van der Waals surface area contributed by atoms with Crippen molar-refractivity contribution in [2.45, 2.75) is 0 Å². The number of carbonyl (C=O) groups is 1. The van der Waals surface area contributed by atoms with E-state index in [1.807, 2.05) is 0 Å².